The van der Waals surface area contributed by atoms with Gasteiger partial charge in [-0.25, -0.2) is 8.42 Å². The molecule has 0 aliphatic rings. The van der Waals surface area contributed by atoms with Crippen molar-refractivity contribution in [2.24, 2.45) is 0 Å². The second kappa shape index (κ2) is 6.61. The van der Waals surface area contributed by atoms with Crippen LogP contribution in [0.2, 0.25) is 5.02 Å². The lowest BCUT2D eigenvalue weighted by Gasteiger charge is -2.08. The van der Waals surface area contributed by atoms with Crippen LogP contribution in [-0.2, 0) is 9.84 Å². The lowest BCUT2D eigenvalue weighted by molar-refractivity contribution is 0.340. The number of para-hydroxylation sites is 1. The molecule has 0 radical (unpaired) electrons. The van der Waals surface area contributed by atoms with Gasteiger partial charge in [-0.3, -0.25) is 0 Å². The van der Waals surface area contributed by atoms with Crippen LogP contribution >= 0.6 is 11.6 Å². The maximum atomic E-state index is 12.1. The molecule has 6 heteroatoms. The van der Waals surface area contributed by atoms with Crippen LogP contribution in [0.5, 0.6) is 5.75 Å². The van der Waals surface area contributed by atoms with E-state index in [1.54, 1.807) is 36.4 Å². The monoisotopic (exact) mass is 321 g/mol. The molecule has 0 N–H and O–H groups in total. The van der Waals surface area contributed by atoms with E-state index in [1.165, 1.54) is 12.1 Å². The van der Waals surface area contributed by atoms with Crippen LogP contribution in [0.15, 0.2) is 53.4 Å². The van der Waals surface area contributed by atoms with E-state index in [-0.39, 0.29) is 17.3 Å². The molecule has 0 saturated heterocycles. The zero-order valence-corrected chi connectivity index (χ0v) is 12.6. The molecule has 108 valence electrons. The zero-order valence-electron chi connectivity index (χ0n) is 11.0. The smallest absolute Gasteiger partial charge is 0.181 e. The summed E-state index contributed by atoms with van der Waals surface area (Å²) in [5.41, 5.74) is 0.373. The molecule has 0 bridgehead atoms. The summed E-state index contributed by atoms with van der Waals surface area (Å²) in [5.74, 6) is 0.189. The molecule has 0 amide bonds. The predicted octanol–water partition coefficient (Wildman–Crippen LogP) is 3.06. The minimum absolute atomic E-state index is 0.0342. The van der Waals surface area contributed by atoms with Gasteiger partial charge in [-0.1, -0.05) is 29.8 Å². The average Bonchev–Trinajstić information content (AvgIpc) is 2.47. The summed E-state index contributed by atoms with van der Waals surface area (Å²) in [6.07, 6.45) is 0. The molecule has 0 atom stereocenters. The Labute approximate surface area is 128 Å². The number of rotatable bonds is 5. The number of hydrogen-bond donors (Lipinski definition) is 0. The molecule has 2 aromatic rings. The number of benzene rings is 2. The maximum Gasteiger partial charge on any atom is 0.181 e. The van der Waals surface area contributed by atoms with Crippen LogP contribution in [0.3, 0.4) is 0 Å². The number of sulfone groups is 1. The van der Waals surface area contributed by atoms with Gasteiger partial charge in [0.05, 0.1) is 16.2 Å². The summed E-state index contributed by atoms with van der Waals surface area (Å²) in [4.78, 5) is 0.159. The largest absolute Gasteiger partial charge is 0.491 e. The van der Waals surface area contributed by atoms with E-state index >= 15 is 0 Å². The normalized spacial score (nSPS) is 10.9. The quantitative estimate of drug-likeness (QED) is 0.848. The molecule has 0 aromatic heterocycles. The fourth-order valence-corrected chi connectivity index (χ4v) is 3.11. The van der Waals surface area contributed by atoms with E-state index in [0.29, 0.717) is 16.3 Å². The van der Waals surface area contributed by atoms with Crippen molar-refractivity contribution in [1.29, 1.82) is 5.26 Å². The van der Waals surface area contributed by atoms with Crippen molar-refractivity contribution in [1.82, 2.24) is 0 Å². The maximum absolute atomic E-state index is 12.1. The minimum Gasteiger partial charge on any atom is -0.491 e. The second-order valence-corrected chi connectivity index (χ2v) is 6.78. The molecule has 2 rings (SSSR count). The Kier molecular flexibility index (Phi) is 4.84. The van der Waals surface area contributed by atoms with Gasteiger partial charge in [-0.2, -0.15) is 5.26 Å². The first-order chi connectivity index (χ1) is 10.0. The summed E-state index contributed by atoms with van der Waals surface area (Å²) in [5, 5.41) is 9.29. The van der Waals surface area contributed by atoms with Gasteiger partial charge in [-0.05, 0) is 30.3 Å². The molecule has 0 fully saturated rings. The van der Waals surface area contributed by atoms with Crippen molar-refractivity contribution in [3.05, 3.63) is 59.1 Å². The third kappa shape index (κ3) is 3.97. The van der Waals surface area contributed by atoms with Crippen molar-refractivity contribution in [2.45, 2.75) is 4.90 Å². The predicted molar refractivity (Wildman–Crippen MR) is 80.2 cm³/mol. The molecular weight excluding hydrogens is 310 g/mol. The number of hydrogen-bond acceptors (Lipinski definition) is 4. The van der Waals surface area contributed by atoms with Gasteiger partial charge in [0.1, 0.15) is 18.4 Å². The molecule has 21 heavy (non-hydrogen) atoms. The first-order valence-corrected chi connectivity index (χ1v) is 8.16. The van der Waals surface area contributed by atoms with Gasteiger partial charge in [0.2, 0.25) is 0 Å². The topological polar surface area (TPSA) is 67.2 Å². The van der Waals surface area contributed by atoms with Crippen molar-refractivity contribution in [3.8, 4) is 11.8 Å². The molecule has 0 aliphatic heterocycles. The Morgan fingerprint density at radius 3 is 2.62 bits per heavy atom. The van der Waals surface area contributed by atoms with Gasteiger partial charge >= 0.3 is 0 Å². The van der Waals surface area contributed by atoms with Gasteiger partial charge in [0.25, 0.3) is 0 Å². The van der Waals surface area contributed by atoms with E-state index in [0.717, 1.165) is 0 Å². The minimum atomic E-state index is -3.46. The van der Waals surface area contributed by atoms with E-state index in [2.05, 4.69) is 0 Å². The lowest BCUT2D eigenvalue weighted by atomic mass is 10.2. The van der Waals surface area contributed by atoms with Gasteiger partial charge in [0, 0.05) is 5.02 Å². The Hall–Kier alpha value is -2.03. The number of halogens is 1. The molecule has 0 saturated carbocycles. The van der Waals surface area contributed by atoms with Crippen LogP contribution < -0.4 is 4.74 Å². The second-order valence-electron chi connectivity index (χ2n) is 4.23. The fourth-order valence-electron chi connectivity index (χ4n) is 1.72. The fraction of sp³-hybridized carbons (Fsp3) is 0.133. The Morgan fingerprint density at radius 2 is 1.90 bits per heavy atom. The van der Waals surface area contributed by atoms with Crippen LogP contribution in [0, 0.1) is 11.3 Å². The molecule has 4 nitrogen and oxygen atoms in total. The van der Waals surface area contributed by atoms with Crippen LogP contribution in [0.1, 0.15) is 5.56 Å². The highest BCUT2D eigenvalue weighted by atomic mass is 35.5. The SMILES string of the molecule is N#Cc1ccccc1OCCS(=O)(=O)c1cccc(Cl)c1. The number of nitriles is 1. The highest BCUT2D eigenvalue weighted by molar-refractivity contribution is 7.91. The summed E-state index contributed by atoms with van der Waals surface area (Å²) in [6, 6.07) is 14.8. The Bertz CT molecular complexity index is 782. The number of ether oxygens (including phenoxy) is 1. The molecule has 0 unspecified atom stereocenters. The standard InChI is InChI=1S/C15H12ClNO3S/c16-13-5-3-6-14(10-13)21(18,19)9-8-20-15-7-2-1-4-12(15)11-17/h1-7,10H,8-9H2. The van der Waals surface area contributed by atoms with Crippen molar-refractivity contribution >= 4 is 21.4 Å². The van der Waals surface area contributed by atoms with E-state index < -0.39 is 9.84 Å². The van der Waals surface area contributed by atoms with Crippen LogP contribution in [0.25, 0.3) is 0 Å². The summed E-state index contributed by atoms with van der Waals surface area (Å²) >= 11 is 5.79. The Balaban J connectivity index is 2.05. The first-order valence-electron chi connectivity index (χ1n) is 6.13. The molecule has 0 aliphatic carbocycles. The van der Waals surface area contributed by atoms with Crippen molar-refractivity contribution in [3.63, 3.8) is 0 Å². The highest BCUT2D eigenvalue weighted by Gasteiger charge is 2.15. The molecular formula is C15H12ClNO3S. The Morgan fingerprint density at radius 1 is 1.14 bits per heavy atom. The molecule has 2 aromatic carbocycles. The molecule has 0 spiro atoms. The van der Waals surface area contributed by atoms with Gasteiger partial charge in [-0.15, -0.1) is 0 Å². The van der Waals surface area contributed by atoms with E-state index in [1.807, 2.05) is 6.07 Å². The summed E-state index contributed by atoms with van der Waals surface area (Å²) in [7, 11) is -3.46. The lowest BCUT2D eigenvalue weighted by Crippen LogP contribution is -2.14. The third-order valence-electron chi connectivity index (χ3n) is 2.77. The average molecular weight is 322 g/mol. The zero-order chi connectivity index (χ0) is 15.3. The van der Waals surface area contributed by atoms with E-state index in [9.17, 15) is 8.42 Å². The van der Waals surface area contributed by atoms with Crippen LogP contribution in [0.4, 0.5) is 0 Å². The van der Waals surface area contributed by atoms with Gasteiger partial charge in [0.15, 0.2) is 9.84 Å². The van der Waals surface area contributed by atoms with Crippen molar-refractivity contribution in [2.75, 3.05) is 12.4 Å². The van der Waals surface area contributed by atoms with Gasteiger partial charge < -0.3 is 4.74 Å². The number of nitrogens with zero attached hydrogens (tertiary/aromatic N) is 1. The van der Waals surface area contributed by atoms with E-state index in [4.69, 9.17) is 21.6 Å². The first kappa shape index (κ1) is 15.4. The highest BCUT2D eigenvalue weighted by Crippen LogP contribution is 2.19. The van der Waals surface area contributed by atoms with Crippen molar-refractivity contribution < 1.29 is 13.2 Å². The summed E-state index contributed by atoms with van der Waals surface area (Å²) < 4.78 is 29.6. The van der Waals surface area contributed by atoms with Crippen LogP contribution in [-0.4, -0.2) is 20.8 Å². The molecule has 0 heterocycles. The third-order valence-corrected chi connectivity index (χ3v) is 4.68. The summed E-state index contributed by atoms with van der Waals surface area (Å²) in [6.45, 7) is -0.0342.